The van der Waals surface area contributed by atoms with Crippen molar-refractivity contribution in [3.8, 4) is 0 Å². The van der Waals surface area contributed by atoms with E-state index in [1.165, 1.54) is 0 Å². The van der Waals surface area contributed by atoms with Crippen LogP contribution in [-0.2, 0) is 0 Å². The van der Waals surface area contributed by atoms with Crippen molar-refractivity contribution in [1.29, 1.82) is 0 Å². The van der Waals surface area contributed by atoms with E-state index in [1.807, 2.05) is 6.08 Å². The van der Waals surface area contributed by atoms with Crippen molar-refractivity contribution in [3.05, 3.63) is 12.7 Å². The monoisotopic (exact) mass is 226 g/mol. The van der Waals surface area contributed by atoms with E-state index in [0.29, 0.717) is 12.0 Å². The molecule has 0 saturated heterocycles. The first-order valence-corrected chi connectivity index (χ1v) is 6.36. The van der Waals surface area contributed by atoms with E-state index in [9.17, 15) is 0 Å². The molecule has 0 bridgehead atoms. The predicted octanol–water partition coefficient (Wildman–Crippen LogP) is 2.91. The van der Waals surface area contributed by atoms with E-state index in [0.717, 1.165) is 19.6 Å². The largest absolute Gasteiger partial charge is 0.314 e. The van der Waals surface area contributed by atoms with Gasteiger partial charge in [0.05, 0.1) is 0 Å². The highest BCUT2D eigenvalue weighted by atomic mass is 15.2. The molecular weight excluding hydrogens is 196 g/mol. The maximum Gasteiger partial charge on any atom is 0.0165 e. The zero-order valence-electron chi connectivity index (χ0n) is 12.0. The number of rotatable bonds is 7. The Morgan fingerprint density at radius 2 is 1.81 bits per heavy atom. The highest BCUT2D eigenvalue weighted by Crippen LogP contribution is 2.15. The molecule has 16 heavy (non-hydrogen) atoms. The molecule has 2 nitrogen and oxygen atoms in total. The van der Waals surface area contributed by atoms with E-state index in [2.05, 4.69) is 58.3 Å². The SMILES string of the molecule is C=CCN(CC(C)CNC(C)C)C(C)(C)C. The summed E-state index contributed by atoms with van der Waals surface area (Å²) in [6, 6.07) is 0.574. The molecule has 0 saturated carbocycles. The first-order chi connectivity index (χ1) is 7.27. The van der Waals surface area contributed by atoms with Gasteiger partial charge in [0.25, 0.3) is 0 Å². The maximum absolute atomic E-state index is 3.84. The second-order valence-electron chi connectivity index (χ2n) is 6.03. The second kappa shape index (κ2) is 7.08. The zero-order chi connectivity index (χ0) is 12.8. The van der Waals surface area contributed by atoms with Gasteiger partial charge < -0.3 is 5.32 Å². The van der Waals surface area contributed by atoms with Gasteiger partial charge in [-0.2, -0.15) is 0 Å². The minimum absolute atomic E-state index is 0.223. The van der Waals surface area contributed by atoms with Gasteiger partial charge in [-0.3, -0.25) is 4.90 Å². The van der Waals surface area contributed by atoms with E-state index in [-0.39, 0.29) is 5.54 Å². The Hall–Kier alpha value is -0.340. The molecule has 0 aromatic rings. The number of hydrogen-bond donors (Lipinski definition) is 1. The summed E-state index contributed by atoms with van der Waals surface area (Å²) >= 11 is 0. The molecule has 0 aliphatic rings. The van der Waals surface area contributed by atoms with Crippen molar-refractivity contribution in [2.45, 2.75) is 53.1 Å². The van der Waals surface area contributed by atoms with Gasteiger partial charge in [-0.05, 0) is 33.2 Å². The molecule has 0 heterocycles. The number of hydrogen-bond acceptors (Lipinski definition) is 2. The summed E-state index contributed by atoms with van der Waals surface area (Å²) in [5.74, 6) is 0.668. The molecule has 0 aliphatic heterocycles. The first kappa shape index (κ1) is 15.7. The van der Waals surface area contributed by atoms with Crippen LogP contribution < -0.4 is 5.32 Å². The van der Waals surface area contributed by atoms with Crippen LogP contribution in [0, 0.1) is 5.92 Å². The van der Waals surface area contributed by atoms with E-state index in [1.54, 1.807) is 0 Å². The Balaban J connectivity index is 4.13. The predicted molar refractivity (Wildman–Crippen MR) is 73.8 cm³/mol. The summed E-state index contributed by atoms with van der Waals surface area (Å²) in [4.78, 5) is 2.48. The van der Waals surface area contributed by atoms with E-state index >= 15 is 0 Å². The van der Waals surface area contributed by atoms with Crippen LogP contribution in [0.15, 0.2) is 12.7 Å². The van der Waals surface area contributed by atoms with Crippen molar-refractivity contribution in [1.82, 2.24) is 10.2 Å². The van der Waals surface area contributed by atoms with Crippen LogP contribution in [0.3, 0.4) is 0 Å². The van der Waals surface area contributed by atoms with Gasteiger partial charge in [0.2, 0.25) is 0 Å². The summed E-state index contributed by atoms with van der Waals surface area (Å²) in [6.07, 6.45) is 1.99. The zero-order valence-corrected chi connectivity index (χ0v) is 12.0. The summed E-state index contributed by atoms with van der Waals surface area (Å²) in [5.41, 5.74) is 0.223. The first-order valence-electron chi connectivity index (χ1n) is 6.36. The Bertz CT molecular complexity index is 191. The summed E-state index contributed by atoms with van der Waals surface area (Å²) in [5, 5.41) is 3.49. The third-order valence-electron chi connectivity index (χ3n) is 2.70. The Morgan fingerprint density at radius 1 is 1.25 bits per heavy atom. The third-order valence-corrected chi connectivity index (χ3v) is 2.70. The van der Waals surface area contributed by atoms with Crippen molar-refractivity contribution in [2.75, 3.05) is 19.6 Å². The molecule has 0 aliphatic carbocycles. The summed E-state index contributed by atoms with van der Waals surface area (Å²) < 4.78 is 0. The normalized spacial score (nSPS) is 14.5. The lowest BCUT2D eigenvalue weighted by molar-refractivity contribution is 0.131. The van der Waals surface area contributed by atoms with Gasteiger partial charge in [0, 0.05) is 24.7 Å². The lowest BCUT2D eigenvalue weighted by Gasteiger charge is -2.36. The standard InChI is InChI=1S/C14H30N2/c1-8-9-16(14(5,6)7)11-13(4)10-15-12(2)3/h8,12-13,15H,1,9-11H2,2-7H3. The van der Waals surface area contributed by atoms with Crippen LogP contribution in [0.4, 0.5) is 0 Å². The second-order valence-corrected chi connectivity index (χ2v) is 6.03. The van der Waals surface area contributed by atoms with E-state index in [4.69, 9.17) is 0 Å². The number of nitrogens with zero attached hydrogens (tertiary/aromatic N) is 1. The topological polar surface area (TPSA) is 15.3 Å². The molecule has 1 unspecified atom stereocenters. The average molecular weight is 226 g/mol. The molecule has 96 valence electrons. The quantitative estimate of drug-likeness (QED) is 0.672. The van der Waals surface area contributed by atoms with Crippen molar-refractivity contribution in [2.24, 2.45) is 5.92 Å². The van der Waals surface area contributed by atoms with Gasteiger partial charge in [0.1, 0.15) is 0 Å². The van der Waals surface area contributed by atoms with Crippen LogP contribution in [0.2, 0.25) is 0 Å². The molecular formula is C14H30N2. The Morgan fingerprint density at radius 3 is 2.19 bits per heavy atom. The molecule has 1 atom stereocenters. The van der Waals surface area contributed by atoms with Crippen molar-refractivity contribution >= 4 is 0 Å². The van der Waals surface area contributed by atoms with Crippen molar-refractivity contribution < 1.29 is 0 Å². The van der Waals surface area contributed by atoms with Gasteiger partial charge in [-0.15, -0.1) is 6.58 Å². The summed E-state index contributed by atoms with van der Waals surface area (Å²) in [6.45, 7) is 20.5. The van der Waals surface area contributed by atoms with Gasteiger partial charge in [0.15, 0.2) is 0 Å². The molecule has 0 radical (unpaired) electrons. The molecule has 0 aromatic heterocycles. The molecule has 0 spiro atoms. The number of nitrogens with one attached hydrogen (secondary N) is 1. The van der Waals surface area contributed by atoms with Gasteiger partial charge in [-0.1, -0.05) is 26.8 Å². The highest BCUT2D eigenvalue weighted by Gasteiger charge is 2.21. The fourth-order valence-corrected chi connectivity index (χ4v) is 1.66. The van der Waals surface area contributed by atoms with Crippen LogP contribution in [0.25, 0.3) is 0 Å². The molecule has 0 amide bonds. The minimum Gasteiger partial charge on any atom is -0.314 e. The molecule has 0 aromatic carbocycles. The van der Waals surface area contributed by atoms with Gasteiger partial charge >= 0.3 is 0 Å². The molecule has 1 N–H and O–H groups in total. The molecule has 2 heteroatoms. The lowest BCUT2D eigenvalue weighted by Crippen LogP contribution is -2.45. The lowest BCUT2D eigenvalue weighted by atomic mass is 10.0. The van der Waals surface area contributed by atoms with Crippen LogP contribution in [-0.4, -0.2) is 36.1 Å². The van der Waals surface area contributed by atoms with Crippen LogP contribution in [0.5, 0.6) is 0 Å². The smallest absolute Gasteiger partial charge is 0.0165 e. The van der Waals surface area contributed by atoms with Crippen molar-refractivity contribution in [3.63, 3.8) is 0 Å². The third kappa shape index (κ3) is 7.02. The van der Waals surface area contributed by atoms with Gasteiger partial charge in [-0.25, -0.2) is 0 Å². The van der Waals surface area contributed by atoms with Crippen LogP contribution >= 0.6 is 0 Å². The molecule has 0 rings (SSSR count). The van der Waals surface area contributed by atoms with E-state index < -0.39 is 0 Å². The Labute approximate surface area is 102 Å². The highest BCUT2D eigenvalue weighted by molar-refractivity contribution is 4.84. The summed E-state index contributed by atoms with van der Waals surface area (Å²) in [7, 11) is 0. The Kier molecular flexibility index (Phi) is 6.93. The van der Waals surface area contributed by atoms with Crippen LogP contribution in [0.1, 0.15) is 41.5 Å². The fourth-order valence-electron chi connectivity index (χ4n) is 1.66. The average Bonchev–Trinajstić information content (AvgIpc) is 2.12. The minimum atomic E-state index is 0.223. The fraction of sp³-hybridized carbons (Fsp3) is 0.857. The molecule has 0 fully saturated rings. The maximum atomic E-state index is 3.84.